The van der Waals surface area contributed by atoms with Crippen molar-refractivity contribution in [1.82, 2.24) is 24.5 Å². The average molecular weight is 515 g/mol. The van der Waals surface area contributed by atoms with Gasteiger partial charge in [0.15, 0.2) is 5.65 Å². The van der Waals surface area contributed by atoms with Gasteiger partial charge in [0.1, 0.15) is 18.2 Å². The SMILES string of the molecule is COc1ccc(-c2ccc(-c3cnn4c(N)cc(C5CC6CCC(C5)N6C(=O)CO)nc34)cn2)cc1CO. The monoisotopic (exact) mass is 514 g/mol. The molecule has 2 aliphatic rings. The lowest BCUT2D eigenvalue weighted by atomic mass is 9.87. The van der Waals surface area contributed by atoms with E-state index < -0.39 is 6.61 Å². The lowest BCUT2D eigenvalue weighted by Gasteiger charge is -2.38. The summed E-state index contributed by atoms with van der Waals surface area (Å²) in [6.45, 7) is -0.562. The predicted molar refractivity (Wildman–Crippen MR) is 141 cm³/mol. The number of nitrogens with zero attached hydrogens (tertiary/aromatic N) is 5. The molecule has 2 atom stereocenters. The highest BCUT2D eigenvalue weighted by molar-refractivity contribution is 5.79. The van der Waals surface area contributed by atoms with Crippen LogP contribution in [0.2, 0.25) is 0 Å². The number of carbonyl (C=O) groups excluding carboxylic acids is 1. The largest absolute Gasteiger partial charge is 0.496 e. The molecule has 2 unspecified atom stereocenters. The molecule has 0 spiro atoms. The number of ether oxygens (including phenoxy) is 1. The third-order valence-corrected chi connectivity index (χ3v) is 7.91. The van der Waals surface area contributed by atoms with Gasteiger partial charge in [-0.25, -0.2) is 4.98 Å². The number of benzene rings is 1. The molecule has 5 heterocycles. The van der Waals surface area contributed by atoms with Crippen LogP contribution in [0.3, 0.4) is 0 Å². The van der Waals surface area contributed by atoms with E-state index in [0.29, 0.717) is 22.8 Å². The number of aliphatic hydroxyl groups is 2. The van der Waals surface area contributed by atoms with Crippen molar-refractivity contribution in [3.05, 3.63) is 60.0 Å². The Kier molecular flexibility index (Phi) is 6.21. The van der Waals surface area contributed by atoms with Crippen LogP contribution >= 0.6 is 0 Å². The number of aromatic nitrogens is 4. The van der Waals surface area contributed by atoms with E-state index in [1.807, 2.05) is 41.3 Å². The van der Waals surface area contributed by atoms with E-state index in [1.54, 1.807) is 24.0 Å². The van der Waals surface area contributed by atoms with Gasteiger partial charge in [-0.3, -0.25) is 9.78 Å². The second-order valence-corrected chi connectivity index (χ2v) is 10.0. The topological polar surface area (TPSA) is 139 Å². The zero-order valence-electron chi connectivity index (χ0n) is 21.1. The fourth-order valence-corrected chi connectivity index (χ4v) is 6.11. The molecule has 3 aromatic heterocycles. The van der Waals surface area contributed by atoms with Gasteiger partial charge in [-0.15, -0.1) is 0 Å². The molecular formula is C28H30N6O4. The number of hydrogen-bond acceptors (Lipinski definition) is 8. The quantitative estimate of drug-likeness (QED) is 0.357. The van der Waals surface area contributed by atoms with E-state index in [2.05, 4.69) is 10.1 Å². The summed E-state index contributed by atoms with van der Waals surface area (Å²) in [4.78, 5) is 23.8. The van der Waals surface area contributed by atoms with Gasteiger partial charge in [0, 0.05) is 58.2 Å². The van der Waals surface area contributed by atoms with Crippen molar-refractivity contribution in [2.24, 2.45) is 0 Å². The minimum Gasteiger partial charge on any atom is -0.496 e. The number of nitrogen functional groups attached to an aromatic ring is 1. The molecule has 0 saturated carbocycles. The van der Waals surface area contributed by atoms with Crippen LogP contribution in [0.1, 0.15) is 42.9 Å². The van der Waals surface area contributed by atoms with Gasteiger partial charge < -0.3 is 25.6 Å². The maximum atomic E-state index is 12.2. The van der Waals surface area contributed by atoms with Gasteiger partial charge >= 0.3 is 0 Å². The molecule has 6 rings (SSSR count). The fraction of sp³-hybridized carbons (Fsp3) is 0.357. The lowest BCUT2D eigenvalue weighted by molar-refractivity contribution is -0.138. The van der Waals surface area contributed by atoms with E-state index in [-0.39, 0.29) is 30.5 Å². The van der Waals surface area contributed by atoms with Crippen LogP contribution in [0.5, 0.6) is 5.75 Å². The van der Waals surface area contributed by atoms with E-state index >= 15 is 0 Å². The summed E-state index contributed by atoms with van der Waals surface area (Å²) in [6.07, 6.45) is 7.06. The molecule has 2 fully saturated rings. The Morgan fingerprint density at radius 2 is 1.84 bits per heavy atom. The number of carbonyl (C=O) groups is 1. The first-order valence-electron chi connectivity index (χ1n) is 12.8. The average Bonchev–Trinajstić information content (AvgIpc) is 3.50. The van der Waals surface area contributed by atoms with Crippen LogP contribution in [-0.4, -0.2) is 66.4 Å². The molecule has 2 bridgehead atoms. The number of anilines is 1. The van der Waals surface area contributed by atoms with Crippen LogP contribution in [0.15, 0.2) is 48.8 Å². The summed E-state index contributed by atoms with van der Waals surface area (Å²) in [5, 5.41) is 23.5. The first kappa shape index (κ1) is 24.3. The van der Waals surface area contributed by atoms with E-state index in [1.165, 1.54) is 0 Å². The second-order valence-electron chi connectivity index (χ2n) is 10.0. The minimum absolute atomic E-state index is 0.120. The number of nitrogens with two attached hydrogens (primary N) is 1. The van der Waals surface area contributed by atoms with Gasteiger partial charge in [-0.2, -0.15) is 9.61 Å². The zero-order valence-corrected chi connectivity index (χ0v) is 21.1. The highest BCUT2D eigenvalue weighted by Crippen LogP contribution is 2.43. The highest BCUT2D eigenvalue weighted by atomic mass is 16.5. The Hall–Kier alpha value is -4.02. The Morgan fingerprint density at radius 3 is 2.50 bits per heavy atom. The number of piperidine rings is 1. The molecule has 0 radical (unpaired) electrons. The predicted octanol–water partition coefficient (Wildman–Crippen LogP) is 2.77. The maximum Gasteiger partial charge on any atom is 0.248 e. The summed E-state index contributed by atoms with van der Waals surface area (Å²) in [6, 6.07) is 11.7. The van der Waals surface area contributed by atoms with Crippen molar-refractivity contribution in [2.45, 2.75) is 50.3 Å². The maximum absolute atomic E-state index is 12.2. The van der Waals surface area contributed by atoms with Crippen molar-refractivity contribution in [2.75, 3.05) is 19.5 Å². The first-order valence-corrected chi connectivity index (χ1v) is 12.8. The number of fused-ring (bicyclic) bond motifs is 3. The Morgan fingerprint density at radius 1 is 1.08 bits per heavy atom. The van der Waals surface area contributed by atoms with Crippen molar-refractivity contribution in [3.63, 3.8) is 0 Å². The van der Waals surface area contributed by atoms with Crippen molar-refractivity contribution in [3.8, 4) is 28.1 Å². The molecule has 2 aliphatic heterocycles. The van der Waals surface area contributed by atoms with Crippen LogP contribution in [0.4, 0.5) is 5.82 Å². The van der Waals surface area contributed by atoms with Crippen LogP contribution in [0, 0.1) is 0 Å². The highest BCUT2D eigenvalue weighted by Gasteiger charge is 2.43. The summed E-state index contributed by atoms with van der Waals surface area (Å²) in [5.41, 5.74) is 12.0. The number of amides is 1. The molecule has 1 aromatic carbocycles. The number of aliphatic hydroxyl groups excluding tert-OH is 2. The van der Waals surface area contributed by atoms with Gasteiger partial charge in [0.2, 0.25) is 5.91 Å². The van der Waals surface area contributed by atoms with Gasteiger partial charge in [-0.1, -0.05) is 6.07 Å². The van der Waals surface area contributed by atoms with Crippen LogP contribution in [0.25, 0.3) is 28.0 Å². The molecule has 10 nitrogen and oxygen atoms in total. The third kappa shape index (κ3) is 4.06. The molecular weight excluding hydrogens is 484 g/mol. The normalized spacial score (nSPS) is 20.7. The minimum atomic E-state index is -0.443. The number of rotatable bonds is 6. The van der Waals surface area contributed by atoms with E-state index in [4.69, 9.17) is 15.5 Å². The van der Waals surface area contributed by atoms with Crippen molar-refractivity contribution in [1.29, 1.82) is 0 Å². The summed E-state index contributed by atoms with van der Waals surface area (Å²) >= 11 is 0. The molecule has 4 aromatic rings. The number of pyridine rings is 1. The molecule has 0 aliphatic carbocycles. The zero-order chi connectivity index (χ0) is 26.4. The van der Waals surface area contributed by atoms with Crippen molar-refractivity contribution >= 4 is 17.4 Å². The first-order chi connectivity index (χ1) is 18.5. The standard InChI is InChI=1S/C28H30N6O4/c1-38-25-7-3-16(8-19(25)14-35)23-6-2-17(12-30-23)22-13-31-34-26(29)11-24(32-28(22)34)18-9-20-4-5-21(10-18)33(20)27(37)15-36/h2-3,6-8,11-13,18,20-21,35-36H,4-5,9-10,14-15,29H2,1H3. The van der Waals surface area contributed by atoms with E-state index in [0.717, 1.165) is 53.8 Å². The van der Waals surface area contributed by atoms with E-state index in [9.17, 15) is 15.0 Å². The van der Waals surface area contributed by atoms with Crippen LogP contribution < -0.4 is 10.5 Å². The molecule has 1 amide bonds. The lowest BCUT2D eigenvalue weighted by Crippen LogP contribution is -2.47. The number of hydrogen-bond donors (Lipinski definition) is 3. The summed E-state index contributed by atoms with van der Waals surface area (Å²) < 4.78 is 6.94. The number of methoxy groups -OCH3 is 1. The second kappa shape index (κ2) is 9.70. The summed E-state index contributed by atoms with van der Waals surface area (Å²) in [5.74, 6) is 1.14. The Labute approximate surface area is 219 Å². The van der Waals surface area contributed by atoms with Gasteiger partial charge in [0.05, 0.1) is 25.6 Å². The Balaban J connectivity index is 1.30. The Bertz CT molecular complexity index is 1490. The molecule has 196 valence electrons. The summed E-state index contributed by atoms with van der Waals surface area (Å²) in [7, 11) is 1.58. The third-order valence-electron chi connectivity index (χ3n) is 7.91. The molecule has 38 heavy (non-hydrogen) atoms. The van der Waals surface area contributed by atoms with Gasteiger partial charge in [-0.05, 0) is 49.9 Å². The smallest absolute Gasteiger partial charge is 0.248 e. The molecule has 2 saturated heterocycles. The molecule has 10 heteroatoms. The fourth-order valence-electron chi connectivity index (χ4n) is 6.11. The molecule has 4 N–H and O–H groups in total. The van der Waals surface area contributed by atoms with Crippen molar-refractivity contribution < 1.29 is 19.7 Å². The van der Waals surface area contributed by atoms with Gasteiger partial charge in [0.25, 0.3) is 0 Å². The van der Waals surface area contributed by atoms with Crippen LogP contribution in [-0.2, 0) is 11.4 Å².